The summed E-state index contributed by atoms with van der Waals surface area (Å²) in [6.07, 6.45) is 3.22. The van der Waals surface area contributed by atoms with Crippen molar-refractivity contribution >= 4 is 46.3 Å². The third-order valence-corrected chi connectivity index (χ3v) is 9.33. The molecule has 170 valence electrons. The minimum Gasteiger partial charge on any atom is -0.543 e. The molecule has 5 rings (SSSR count). The van der Waals surface area contributed by atoms with Crippen molar-refractivity contribution in [1.82, 2.24) is 9.88 Å². The Morgan fingerprint density at radius 3 is 2.79 bits per heavy atom. The molecule has 1 fully saturated rings. The number of carboxylic acids is 1. The van der Waals surface area contributed by atoms with Gasteiger partial charge in [0.25, 0.3) is 0 Å². The molecule has 0 radical (unpaired) electrons. The molecule has 10 heteroatoms. The molecule has 2 aliphatic heterocycles. The van der Waals surface area contributed by atoms with E-state index < -0.39 is 18.0 Å². The SMILES string of the molecule is C[C@@H](O)[C@H]1C(=O)N2C(C(=O)[O-])=C(Sc3nc(-c4ccc(C[n+]5ccccc5)s4)cs3)[C@H](C)[C@H]12. The van der Waals surface area contributed by atoms with E-state index in [9.17, 15) is 19.8 Å². The maximum absolute atomic E-state index is 12.5. The van der Waals surface area contributed by atoms with E-state index in [1.165, 1.54) is 32.9 Å². The number of thiazole rings is 1. The van der Waals surface area contributed by atoms with Crippen molar-refractivity contribution < 1.29 is 24.4 Å². The van der Waals surface area contributed by atoms with Crippen molar-refractivity contribution in [3.63, 3.8) is 0 Å². The molecule has 0 saturated carbocycles. The van der Waals surface area contributed by atoms with E-state index in [4.69, 9.17) is 4.98 Å². The smallest absolute Gasteiger partial charge is 0.235 e. The summed E-state index contributed by atoms with van der Waals surface area (Å²) in [5.41, 5.74) is 0.758. The van der Waals surface area contributed by atoms with E-state index in [-0.39, 0.29) is 23.6 Å². The van der Waals surface area contributed by atoms with Gasteiger partial charge >= 0.3 is 0 Å². The molecule has 1 saturated heterocycles. The number of pyridine rings is 1. The van der Waals surface area contributed by atoms with Crippen molar-refractivity contribution in [3.05, 3.63) is 63.6 Å². The Bertz CT molecular complexity index is 1250. The molecule has 0 aliphatic carbocycles. The summed E-state index contributed by atoms with van der Waals surface area (Å²) in [7, 11) is 0. The van der Waals surface area contributed by atoms with Gasteiger partial charge in [0.15, 0.2) is 23.3 Å². The van der Waals surface area contributed by atoms with Gasteiger partial charge < -0.3 is 19.9 Å². The molecule has 0 aromatic carbocycles. The lowest BCUT2D eigenvalue weighted by Gasteiger charge is -2.47. The molecular formula is C23H21N3O4S3. The molecule has 7 nitrogen and oxygen atoms in total. The van der Waals surface area contributed by atoms with Gasteiger partial charge in [-0.05, 0) is 19.1 Å². The molecule has 0 spiro atoms. The third-order valence-electron chi connectivity index (χ3n) is 6.01. The summed E-state index contributed by atoms with van der Waals surface area (Å²) in [5.74, 6) is -2.55. The molecular weight excluding hydrogens is 478 g/mol. The van der Waals surface area contributed by atoms with Crippen molar-refractivity contribution in [2.75, 3.05) is 0 Å². The Labute approximate surface area is 203 Å². The number of carboxylic acid groups (broad SMARTS) is 1. The number of thioether (sulfide) groups is 1. The molecule has 3 aromatic heterocycles. The zero-order chi connectivity index (χ0) is 23.3. The van der Waals surface area contributed by atoms with Crippen LogP contribution in [0, 0.1) is 11.8 Å². The number of aliphatic hydroxyl groups is 1. The average molecular weight is 500 g/mol. The molecule has 2 aliphatic rings. The molecule has 1 N–H and O–H groups in total. The normalized spacial score (nSPS) is 22.9. The van der Waals surface area contributed by atoms with E-state index in [1.807, 2.05) is 42.9 Å². The average Bonchev–Trinajstić information content (AvgIpc) is 3.47. The first-order valence-electron chi connectivity index (χ1n) is 10.5. The number of aliphatic hydroxyl groups excluding tert-OH is 1. The van der Waals surface area contributed by atoms with Gasteiger partial charge in [-0.15, -0.1) is 22.7 Å². The van der Waals surface area contributed by atoms with Gasteiger partial charge in [-0.25, -0.2) is 4.98 Å². The highest BCUT2D eigenvalue weighted by Crippen LogP contribution is 2.52. The van der Waals surface area contributed by atoms with Gasteiger partial charge in [0.1, 0.15) is 0 Å². The number of hydrogen-bond donors (Lipinski definition) is 1. The lowest BCUT2D eigenvalue weighted by Crippen LogP contribution is -2.64. The van der Waals surface area contributed by atoms with Gasteiger partial charge in [0, 0.05) is 28.3 Å². The van der Waals surface area contributed by atoms with Crippen LogP contribution in [0.2, 0.25) is 0 Å². The number of β-lactam (4-membered cyclic amide) rings is 1. The summed E-state index contributed by atoms with van der Waals surface area (Å²) >= 11 is 4.39. The van der Waals surface area contributed by atoms with E-state index >= 15 is 0 Å². The van der Waals surface area contributed by atoms with Crippen LogP contribution in [0.4, 0.5) is 0 Å². The van der Waals surface area contributed by atoms with Crippen LogP contribution in [0.5, 0.6) is 0 Å². The van der Waals surface area contributed by atoms with Gasteiger partial charge in [0.2, 0.25) is 5.91 Å². The largest absolute Gasteiger partial charge is 0.543 e. The topological polar surface area (TPSA) is 97.4 Å². The van der Waals surface area contributed by atoms with Crippen LogP contribution in [-0.4, -0.2) is 39.0 Å². The third kappa shape index (κ3) is 3.90. The van der Waals surface area contributed by atoms with Crippen LogP contribution in [0.3, 0.4) is 0 Å². The maximum Gasteiger partial charge on any atom is 0.235 e. The van der Waals surface area contributed by atoms with E-state index in [1.54, 1.807) is 18.3 Å². The fourth-order valence-electron chi connectivity index (χ4n) is 4.48. The van der Waals surface area contributed by atoms with Crippen molar-refractivity contribution in [2.24, 2.45) is 11.8 Å². The Morgan fingerprint density at radius 1 is 1.33 bits per heavy atom. The first-order chi connectivity index (χ1) is 15.8. The number of thiophene rings is 1. The highest BCUT2D eigenvalue weighted by Gasteiger charge is 2.58. The van der Waals surface area contributed by atoms with E-state index in [0.29, 0.717) is 9.24 Å². The first-order valence-corrected chi connectivity index (χ1v) is 13.0. The Morgan fingerprint density at radius 2 is 2.09 bits per heavy atom. The zero-order valence-electron chi connectivity index (χ0n) is 17.9. The zero-order valence-corrected chi connectivity index (χ0v) is 20.3. The standard InChI is InChI=1S/C23H21N3O4S3/c1-12-18-17(13(2)27)21(28)26(18)19(22(29)30)20(12)33-23-24-15(11-31-23)16-7-6-14(32-16)10-25-8-4-3-5-9-25/h3-9,11-13,17-18,27H,10H2,1-2H3/t12-,13-,17-,18-/m1/s1. The fraction of sp³-hybridized carbons (Fsp3) is 0.304. The Hall–Kier alpha value is -2.53. The summed E-state index contributed by atoms with van der Waals surface area (Å²) in [6.45, 7) is 4.24. The second-order valence-electron chi connectivity index (χ2n) is 8.17. The number of rotatable bonds is 7. The molecule has 4 atom stereocenters. The number of hydrogen-bond acceptors (Lipinski definition) is 8. The van der Waals surface area contributed by atoms with Crippen molar-refractivity contribution in [3.8, 4) is 10.6 Å². The number of amides is 1. The highest BCUT2D eigenvalue weighted by molar-refractivity contribution is 8.04. The molecule has 5 heterocycles. The number of aliphatic carboxylic acids is 1. The summed E-state index contributed by atoms with van der Waals surface area (Å²) in [6, 6.07) is 9.77. The minimum atomic E-state index is -1.37. The second-order valence-corrected chi connectivity index (χ2v) is 11.5. The van der Waals surface area contributed by atoms with E-state index in [0.717, 1.165) is 17.1 Å². The second kappa shape index (κ2) is 8.68. The van der Waals surface area contributed by atoms with Crippen molar-refractivity contribution in [1.29, 1.82) is 0 Å². The Kier molecular flexibility index (Phi) is 5.86. The van der Waals surface area contributed by atoms with Crippen LogP contribution in [0.25, 0.3) is 10.6 Å². The summed E-state index contributed by atoms with van der Waals surface area (Å²) in [4.78, 5) is 33.2. The van der Waals surface area contributed by atoms with Crippen LogP contribution < -0.4 is 9.67 Å². The van der Waals surface area contributed by atoms with Gasteiger partial charge in [0.05, 0.1) is 45.2 Å². The quantitative estimate of drug-likeness (QED) is 0.395. The molecule has 1 amide bonds. The van der Waals surface area contributed by atoms with Crippen LogP contribution in [0.1, 0.15) is 18.7 Å². The van der Waals surface area contributed by atoms with Gasteiger partial charge in [-0.2, -0.15) is 4.57 Å². The number of nitrogens with zero attached hydrogens (tertiary/aromatic N) is 3. The van der Waals surface area contributed by atoms with Crippen LogP contribution >= 0.6 is 34.4 Å². The number of aromatic nitrogens is 2. The predicted molar refractivity (Wildman–Crippen MR) is 124 cm³/mol. The summed E-state index contributed by atoms with van der Waals surface area (Å²) < 4.78 is 2.82. The summed E-state index contributed by atoms with van der Waals surface area (Å²) in [5, 5.41) is 23.8. The predicted octanol–water partition coefficient (Wildman–Crippen LogP) is 2.12. The molecule has 0 bridgehead atoms. The van der Waals surface area contributed by atoms with Crippen LogP contribution in [0.15, 0.2) is 63.0 Å². The lowest BCUT2D eigenvalue weighted by molar-refractivity contribution is -0.687. The van der Waals surface area contributed by atoms with Crippen molar-refractivity contribution in [2.45, 2.75) is 36.9 Å². The van der Waals surface area contributed by atoms with E-state index in [2.05, 4.69) is 16.7 Å². The number of fused-ring (bicyclic) bond motifs is 1. The fourth-order valence-corrected chi connectivity index (χ4v) is 7.62. The molecule has 3 aromatic rings. The minimum absolute atomic E-state index is 0.0885. The first kappa shape index (κ1) is 22.3. The Balaban J connectivity index is 1.36. The maximum atomic E-state index is 12.5. The monoisotopic (exact) mass is 499 g/mol. The number of carbonyl (C=O) groups is 2. The lowest BCUT2D eigenvalue weighted by atomic mass is 9.79. The molecule has 0 unspecified atom stereocenters. The van der Waals surface area contributed by atoms with Gasteiger partial charge in [-0.3, -0.25) is 4.79 Å². The highest BCUT2D eigenvalue weighted by atomic mass is 32.2. The van der Waals surface area contributed by atoms with Crippen LogP contribution in [-0.2, 0) is 16.1 Å². The molecule has 33 heavy (non-hydrogen) atoms. The van der Waals surface area contributed by atoms with Gasteiger partial charge in [-0.1, -0.05) is 24.8 Å². The number of carbonyl (C=O) groups excluding carboxylic acids is 2.